The van der Waals surface area contributed by atoms with Crippen LogP contribution in [0.25, 0.3) is 0 Å². The monoisotopic (exact) mass is 327 g/mol. The molecular weight excluding hydrogens is 310 g/mol. The lowest BCUT2D eigenvalue weighted by Crippen LogP contribution is -2.19. The lowest BCUT2D eigenvalue weighted by Gasteiger charge is -2.10. The molecule has 2 amide bonds. The second-order valence-electron chi connectivity index (χ2n) is 5.22. The molecule has 0 spiro atoms. The maximum atomic E-state index is 12.2. The molecule has 7 heteroatoms. The molecule has 2 N–H and O–H groups in total. The number of anilines is 1. The Bertz CT molecular complexity index is 802. The van der Waals surface area contributed by atoms with E-state index in [1.165, 1.54) is 13.1 Å². The first-order chi connectivity index (χ1) is 11.4. The van der Waals surface area contributed by atoms with Gasteiger partial charge in [-0.05, 0) is 24.6 Å². The summed E-state index contributed by atoms with van der Waals surface area (Å²) in [5.41, 5.74) is 1.95. The molecule has 0 saturated carbocycles. The summed E-state index contributed by atoms with van der Waals surface area (Å²) < 4.78 is 0. The quantitative estimate of drug-likeness (QED) is 0.650. The van der Waals surface area contributed by atoms with Crippen LogP contribution < -0.4 is 10.6 Å². The number of aryl methyl sites for hydroxylation is 1. The zero-order chi connectivity index (χ0) is 17.7. The van der Waals surface area contributed by atoms with Gasteiger partial charge in [0.25, 0.3) is 11.6 Å². The van der Waals surface area contributed by atoms with Gasteiger partial charge in [0.15, 0.2) is 0 Å². The zero-order valence-corrected chi connectivity index (χ0v) is 13.3. The Hall–Kier alpha value is -3.22. The van der Waals surface area contributed by atoms with Crippen LogP contribution in [-0.2, 0) is 11.2 Å². The number of hydrogen-bond acceptors (Lipinski definition) is 4. The van der Waals surface area contributed by atoms with Crippen molar-refractivity contribution in [3.63, 3.8) is 0 Å². The van der Waals surface area contributed by atoms with E-state index >= 15 is 0 Å². The summed E-state index contributed by atoms with van der Waals surface area (Å²) in [5, 5.41) is 16.2. The molecule has 0 heterocycles. The molecular formula is C17H17N3O4. The van der Waals surface area contributed by atoms with E-state index in [0.29, 0.717) is 16.8 Å². The Morgan fingerprint density at radius 1 is 1.17 bits per heavy atom. The van der Waals surface area contributed by atoms with E-state index in [4.69, 9.17) is 0 Å². The third-order valence-electron chi connectivity index (χ3n) is 3.54. The highest BCUT2D eigenvalue weighted by Crippen LogP contribution is 2.20. The van der Waals surface area contributed by atoms with E-state index in [1.807, 2.05) is 0 Å². The highest BCUT2D eigenvalue weighted by molar-refractivity contribution is 5.98. The largest absolute Gasteiger partial charge is 0.355 e. The summed E-state index contributed by atoms with van der Waals surface area (Å²) in [6, 6.07) is 11.1. The van der Waals surface area contributed by atoms with Crippen molar-refractivity contribution in [2.75, 3.05) is 12.4 Å². The maximum Gasteiger partial charge on any atom is 0.273 e. The van der Waals surface area contributed by atoms with E-state index in [1.54, 1.807) is 43.3 Å². The number of carbonyl (C=O) groups excluding carboxylic acids is 2. The Kier molecular flexibility index (Phi) is 5.26. The van der Waals surface area contributed by atoms with Crippen molar-refractivity contribution in [1.82, 2.24) is 5.32 Å². The maximum absolute atomic E-state index is 12.2. The van der Waals surface area contributed by atoms with Crippen LogP contribution in [0, 0.1) is 17.0 Å². The van der Waals surface area contributed by atoms with Gasteiger partial charge < -0.3 is 10.6 Å². The van der Waals surface area contributed by atoms with Crippen molar-refractivity contribution in [3.8, 4) is 0 Å². The normalized spacial score (nSPS) is 10.1. The van der Waals surface area contributed by atoms with Crippen molar-refractivity contribution >= 4 is 23.2 Å². The number of nitrogens with one attached hydrogen (secondary N) is 2. The van der Waals surface area contributed by atoms with E-state index in [9.17, 15) is 19.7 Å². The highest BCUT2D eigenvalue weighted by atomic mass is 16.6. The fraction of sp³-hybridized carbons (Fsp3) is 0.176. The fourth-order valence-electron chi connectivity index (χ4n) is 2.25. The molecule has 0 aliphatic rings. The second-order valence-corrected chi connectivity index (χ2v) is 5.22. The standard InChI is InChI=1S/C17H17N3O4/c1-11-7-8-13(17(22)18-2)9-14(11)19-16(21)10-12-5-3-4-6-15(12)20(23)24/h3-9H,10H2,1-2H3,(H,18,22)(H,19,21). The highest BCUT2D eigenvalue weighted by Gasteiger charge is 2.16. The molecule has 2 rings (SSSR count). The molecule has 24 heavy (non-hydrogen) atoms. The number of amides is 2. The molecule has 0 radical (unpaired) electrons. The van der Waals surface area contributed by atoms with Crippen molar-refractivity contribution in [3.05, 3.63) is 69.3 Å². The van der Waals surface area contributed by atoms with Gasteiger partial charge in [-0.1, -0.05) is 24.3 Å². The van der Waals surface area contributed by atoms with Crippen LogP contribution in [-0.4, -0.2) is 23.8 Å². The van der Waals surface area contributed by atoms with Gasteiger partial charge in [-0.25, -0.2) is 0 Å². The molecule has 7 nitrogen and oxygen atoms in total. The molecule has 2 aromatic carbocycles. The molecule has 124 valence electrons. The summed E-state index contributed by atoms with van der Waals surface area (Å²) >= 11 is 0. The Morgan fingerprint density at radius 2 is 1.88 bits per heavy atom. The van der Waals surface area contributed by atoms with Crippen molar-refractivity contribution in [2.24, 2.45) is 0 Å². The van der Waals surface area contributed by atoms with Crippen LogP contribution in [0.2, 0.25) is 0 Å². The Morgan fingerprint density at radius 3 is 2.54 bits per heavy atom. The van der Waals surface area contributed by atoms with Gasteiger partial charge in [0.05, 0.1) is 11.3 Å². The molecule has 0 aliphatic carbocycles. The molecule has 0 bridgehead atoms. The number of nitro benzene ring substituents is 1. The van der Waals surface area contributed by atoms with Crippen molar-refractivity contribution < 1.29 is 14.5 Å². The predicted octanol–water partition coefficient (Wildman–Crippen LogP) is 2.44. The third kappa shape index (κ3) is 3.95. The van der Waals surface area contributed by atoms with Gasteiger partial charge in [0, 0.05) is 29.9 Å². The minimum atomic E-state index is -0.514. The summed E-state index contributed by atoms with van der Waals surface area (Å²) in [5.74, 6) is -0.648. The number of hydrogen-bond donors (Lipinski definition) is 2. The smallest absolute Gasteiger partial charge is 0.273 e. The van der Waals surface area contributed by atoms with Gasteiger partial charge in [-0.15, -0.1) is 0 Å². The zero-order valence-electron chi connectivity index (χ0n) is 13.3. The molecule has 0 aliphatic heterocycles. The van der Waals surface area contributed by atoms with Crippen LogP contribution in [0.5, 0.6) is 0 Å². The van der Waals surface area contributed by atoms with Crippen molar-refractivity contribution in [1.29, 1.82) is 0 Å². The molecule has 0 aromatic heterocycles. The minimum Gasteiger partial charge on any atom is -0.355 e. The van der Waals surface area contributed by atoms with Crippen LogP contribution in [0.1, 0.15) is 21.5 Å². The van der Waals surface area contributed by atoms with Gasteiger partial charge in [-0.2, -0.15) is 0 Å². The minimum absolute atomic E-state index is 0.0940. The summed E-state index contributed by atoms with van der Waals surface area (Å²) in [7, 11) is 1.52. The lowest BCUT2D eigenvalue weighted by atomic mass is 10.1. The summed E-state index contributed by atoms with van der Waals surface area (Å²) in [6.45, 7) is 1.80. The second kappa shape index (κ2) is 7.36. The van der Waals surface area contributed by atoms with Crippen LogP contribution in [0.4, 0.5) is 11.4 Å². The average molecular weight is 327 g/mol. The van der Waals surface area contributed by atoms with Gasteiger partial charge in [-0.3, -0.25) is 19.7 Å². The Labute approximate surface area is 138 Å². The average Bonchev–Trinajstić information content (AvgIpc) is 2.56. The molecule has 0 unspecified atom stereocenters. The first-order valence-corrected chi connectivity index (χ1v) is 7.27. The van der Waals surface area contributed by atoms with Gasteiger partial charge in [0.1, 0.15) is 0 Å². The van der Waals surface area contributed by atoms with Gasteiger partial charge in [0.2, 0.25) is 5.91 Å². The number of nitrogens with zero attached hydrogens (tertiary/aromatic N) is 1. The molecule has 0 fully saturated rings. The van der Waals surface area contributed by atoms with E-state index in [2.05, 4.69) is 10.6 Å². The fourth-order valence-corrected chi connectivity index (χ4v) is 2.25. The summed E-state index contributed by atoms with van der Waals surface area (Å²) in [4.78, 5) is 34.4. The number of benzene rings is 2. The number of para-hydroxylation sites is 1. The molecule has 0 atom stereocenters. The Balaban J connectivity index is 2.19. The summed E-state index contributed by atoms with van der Waals surface area (Å²) in [6.07, 6.45) is -0.124. The number of nitro groups is 1. The first kappa shape index (κ1) is 17.1. The van der Waals surface area contributed by atoms with Gasteiger partial charge >= 0.3 is 0 Å². The molecule has 2 aromatic rings. The van der Waals surface area contributed by atoms with E-state index < -0.39 is 4.92 Å². The first-order valence-electron chi connectivity index (χ1n) is 7.27. The van der Waals surface area contributed by atoms with E-state index in [0.717, 1.165) is 5.56 Å². The number of rotatable bonds is 5. The third-order valence-corrected chi connectivity index (χ3v) is 3.54. The van der Waals surface area contributed by atoms with Crippen LogP contribution >= 0.6 is 0 Å². The topological polar surface area (TPSA) is 101 Å². The lowest BCUT2D eigenvalue weighted by molar-refractivity contribution is -0.385. The predicted molar refractivity (Wildman–Crippen MR) is 90.0 cm³/mol. The SMILES string of the molecule is CNC(=O)c1ccc(C)c(NC(=O)Cc2ccccc2[N+](=O)[O-])c1. The number of carbonyl (C=O) groups is 2. The molecule has 0 saturated heterocycles. The van der Waals surface area contributed by atoms with E-state index in [-0.39, 0.29) is 23.9 Å². The van der Waals surface area contributed by atoms with Crippen LogP contribution in [0.3, 0.4) is 0 Å². The van der Waals surface area contributed by atoms with Crippen molar-refractivity contribution in [2.45, 2.75) is 13.3 Å². The van der Waals surface area contributed by atoms with Crippen LogP contribution in [0.15, 0.2) is 42.5 Å².